The third-order valence-electron chi connectivity index (χ3n) is 2.39. The number of carbonyl (C=O) groups is 1. The van der Waals surface area contributed by atoms with Crippen LogP contribution >= 0.6 is 11.8 Å². The Bertz CT molecular complexity index is 176. The van der Waals surface area contributed by atoms with Gasteiger partial charge < -0.3 is 10.4 Å². The van der Waals surface area contributed by atoms with Crippen molar-refractivity contribution < 1.29 is 9.90 Å². The molecule has 0 rings (SSSR count). The molecule has 0 aromatic rings. The lowest BCUT2D eigenvalue weighted by Gasteiger charge is -2.17. The van der Waals surface area contributed by atoms with Crippen molar-refractivity contribution in [2.75, 3.05) is 18.1 Å². The first-order chi connectivity index (χ1) is 7.11. The molecule has 1 amide bonds. The molecule has 0 aromatic carbocycles. The molecular weight excluding hydrogens is 210 g/mol. The Hall–Kier alpha value is -0.220. The van der Waals surface area contributed by atoms with E-state index in [0.717, 1.165) is 18.6 Å². The first kappa shape index (κ1) is 14.8. The summed E-state index contributed by atoms with van der Waals surface area (Å²) in [7, 11) is 0. The summed E-state index contributed by atoms with van der Waals surface area (Å²) in [6.45, 7) is 6.49. The summed E-state index contributed by atoms with van der Waals surface area (Å²) in [6, 6.07) is 0. The van der Waals surface area contributed by atoms with Gasteiger partial charge in [0.2, 0.25) is 5.91 Å². The van der Waals surface area contributed by atoms with Gasteiger partial charge in [-0.25, -0.2) is 0 Å². The molecule has 0 aliphatic carbocycles. The van der Waals surface area contributed by atoms with Gasteiger partial charge in [-0.3, -0.25) is 4.79 Å². The van der Waals surface area contributed by atoms with Gasteiger partial charge in [0.15, 0.2) is 0 Å². The first-order valence-corrected chi connectivity index (χ1v) is 6.79. The standard InChI is InChI=1S/C11H23NO2S/c1-4-6-15-8-11(14)12-7-10(13)9(3)5-2/h9-10,13H,4-8H2,1-3H3,(H,12,14). The average Bonchev–Trinajstić information content (AvgIpc) is 2.25. The molecule has 0 aliphatic rings. The van der Waals surface area contributed by atoms with Crippen LogP contribution in [0.1, 0.15) is 33.6 Å². The van der Waals surface area contributed by atoms with E-state index in [1.807, 2.05) is 13.8 Å². The van der Waals surface area contributed by atoms with Crippen molar-refractivity contribution in [2.45, 2.75) is 39.7 Å². The van der Waals surface area contributed by atoms with Crippen LogP contribution in [0.3, 0.4) is 0 Å². The molecule has 0 radical (unpaired) electrons. The number of hydrogen-bond acceptors (Lipinski definition) is 3. The summed E-state index contributed by atoms with van der Waals surface area (Å²) >= 11 is 1.63. The molecule has 0 aliphatic heterocycles. The third kappa shape index (κ3) is 7.68. The topological polar surface area (TPSA) is 49.3 Å². The van der Waals surface area contributed by atoms with Crippen LogP contribution in [0.5, 0.6) is 0 Å². The van der Waals surface area contributed by atoms with Crippen molar-refractivity contribution in [3.8, 4) is 0 Å². The van der Waals surface area contributed by atoms with Gasteiger partial charge in [0.25, 0.3) is 0 Å². The fraction of sp³-hybridized carbons (Fsp3) is 0.909. The largest absolute Gasteiger partial charge is 0.391 e. The van der Waals surface area contributed by atoms with Gasteiger partial charge in [-0.1, -0.05) is 27.2 Å². The van der Waals surface area contributed by atoms with Crippen LogP contribution in [0.2, 0.25) is 0 Å². The lowest BCUT2D eigenvalue weighted by Crippen LogP contribution is -2.36. The lowest BCUT2D eigenvalue weighted by molar-refractivity contribution is -0.119. The van der Waals surface area contributed by atoms with E-state index in [9.17, 15) is 9.90 Å². The van der Waals surface area contributed by atoms with Gasteiger partial charge in [0.1, 0.15) is 0 Å². The number of rotatable bonds is 8. The Morgan fingerprint density at radius 3 is 2.67 bits per heavy atom. The van der Waals surface area contributed by atoms with Crippen LogP contribution in [-0.2, 0) is 4.79 Å². The van der Waals surface area contributed by atoms with Gasteiger partial charge >= 0.3 is 0 Å². The minimum absolute atomic E-state index is 0.0239. The van der Waals surface area contributed by atoms with Crippen LogP contribution in [0.25, 0.3) is 0 Å². The van der Waals surface area contributed by atoms with E-state index in [1.54, 1.807) is 11.8 Å². The van der Waals surface area contributed by atoms with Crippen LogP contribution in [0, 0.1) is 5.92 Å². The highest BCUT2D eigenvalue weighted by atomic mass is 32.2. The third-order valence-corrected chi connectivity index (χ3v) is 3.55. The van der Waals surface area contributed by atoms with Gasteiger partial charge in [-0.05, 0) is 18.1 Å². The molecule has 2 atom stereocenters. The highest BCUT2D eigenvalue weighted by Crippen LogP contribution is 2.06. The van der Waals surface area contributed by atoms with E-state index in [0.29, 0.717) is 12.3 Å². The Kier molecular flexibility index (Phi) is 8.91. The van der Waals surface area contributed by atoms with Gasteiger partial charge in [-0.15, -0.1) is 0 Å². The van der Waals surface area contributed by atoms with E-state index in [1.165, 1.54) is 0 Å². The molecular formula is C11H23NO2S. The molecule has 2 N–H and O–H groups in total. The number of hydrogen-bond donors (Lipinski definition) is 2. The highest BCUT2D eigenvalue weighted by Gasteiger charge is 2.12. The maximum absolute atomic E-state index is 11.3. The van der Waals surface area contributed by atoms with Crippen LogP contribution in [0.15, 0.2) is 0 Å². The minimum Gasteiger partial charge on any atom is -0.391 e. The summed E-state index contributed by atoms with van der Waals surface area (Å²) in [5.41, 5.74) is 0. The molecule has 2 unspecified atom stereocenters. The van der Waals surface area contributed by atoms with Gasteiger partial charge in [0.05, 0.1) is 11.9 Å². The highest BCUT2D eigenvalue weighted by molar-refractivity contribution is 7.99. The van der Waals surface area contributed by atoms with Crippen LogP contribution < -0.4 is 5.32 Å². The van der Waals surface area contributed by atoms with Crippen molar-refractivity contribution in [1.29, 1.82) is 0 Å². The summed E-state index contributed by atoms with van der Waals surface area (Å²) in [5.74, 6) is 1.78. The quantitative estimate of drug-likeness (QED) is 0.627. The second-order valence-electron chi connectivity index (χ2n) is 3.81. The van der Waals surface area contributed by atoms with E-state index < -0.39 is 6.10 Å². The van der Waals surface area contributed by atoms with E-state index >= 15 is 0 Å². The number of amides is 1. The number of nitrogens with one attached hydrogen (secondary N) is 1. The molecule has 0 aromatic heterocycles. The summed E-state index contributed by atoms with van der Waals surface area (Å²) < 4.78 is 0. The molecule has 0 saturated heterocycles. The van der Waals surface area contributed by atoms with Crippen molar-refractivity contribution in [1.82, 2.24) is 5.32 Å². The number of aliphatic hydroxyl groups is 1. The molecule has 15 heavy (non-hydrogen) atoms. The fourth-order valence-electron chi connectivity index (χ4n) is 1.05. The van der Waals surface area contributed by atoms with Crippen LogP contribution in [-0.4, -0.2) is 35.2 Å². The molecule has 0 fully saturated rings. The number of thioether (sulfide) groups is 1. The minimum atomic E-state index is -0.421. The maximum Gasteiger partial charge on any atom is 0.230 e. The molecule has 0 bridgehead atoms. The fourth-order valence-corrected chi connectivity index (χ4v) is 1.77. The smallest absolute Gasteiger partial charge is 0.230 e. The molecule has 3 nitrogen and oxygen atoms in total. The zero-order valence-electron chi connectivity index (χ0n) is 9.95. The van der Waals surface area contributed by atoms with Crippen molar-refractivity contribution >= 4 is 17.7 Å². The van der Waals surface area contributed by atoms with E-state index in [2.05, 4.69) is 12.2 Å². The number of aliphatic hydroxyl groups excluding tert-OH is 1. The second kappa shape index (κ2) is 9.04. The van der Waals surface area contributed by atoms with E-state index in [-0.39, 0.29) is 11.8 Å². The monoisotopic (exact) mass is 233 g/mol. The Morgan fingerprint density at radius 2 is 2.13 bits per heavy atom. The summed E-state index contributed by atoms with van der Waals surface area (Å²) in [5, 5.41) is 12.4. The van der Waals surface area contributed by atoms with Crippen molar-refractivity contribution in [2.24, 2.45) is 5.92 Å². The Morgan fingerprint density at radius 1 is 1.47 bits per heavy atom. The SMILES string of the molecule is CCCSCC(=O)NCC(O)C(C)CC. The molecule has 0 spiro atoms. The molecule has 0 heterocycles. The first-order valence-electron chi connectivity index (χ1n) is 5.64. The van der Waals surface area contributed by atoms with Crippen molar-refractivity contribution in [3.63, 3.8) is 0 Å². The molecule has 0 saturated carbocycles. The predicted octanol–water partition coefficient (Wildman–Crippen LogP) is 1.65. The normalized spacial score (nSPS) is 14.7. The van der Waals surface area contributed by atoms with Gasteiger partial charge in [-0.2, -0.15) is 11.8 Å². The Balaban J connectivity index is 3.52. The lowest BCUT2D eigenvalue weighted by atomic mass is 10.0. The zero-order chi connectivity index (χ0) is 11.7. The Labute approximate surface area is 97.0 Å². The maximum atomic E-state index is 11.3. The van der Waals surface area contributed by atoms with E-state index in [4.69, 9.17) is 0 Å². The van der Waals surface area contributed by atoms with Gasteiger partial charge in [0, 0.05) is 6.54 Å². The van der Waals surface area contributed by atoms with Crippen molar-refractivity contribution in [3.05, 3.63) is 0 Å². The zero-order valence-corrected chi connectivity index (χ0v) is 10.8. The summed E-state index contributed by atoms with van der Waals surface area (Å²) in [4.78, 5) is 11.3. The predicted molar refractivity (Wildman–Crippen MR) is 66.1 cm³/mol. The molecule has 90 valence electrons. The van der Waals surface area contributed by atoms with Crippen LogP contribution in [0.4, 0.5) is 0 Å². The second-order valence-corrected chi connectivity index (χ2v) is 4.91. The number of carbonyl (C=O) groups excluding carboxylic acids is 1. The molecule has 4 heteroatoms. The summed E-state index contributed by atoms with van der Waals surface area (Å²) in [6.07, 6.45) is 1.60. The average molecular weight is 233 g/mol.